The molecule has 1 saturated carbocycles. The van der Waals surface area contributed by atoms with Crippen LogP contribution < -0.4 is 5.73 Å². The topological polar surface area (TPSA) is 64.2 Å². The molecule has 1 amide bonds. The number of hydrogen-bond acceptors (Lipinski definition) is 3. The first-order chi connectivity index (χ1) is 7.25. The average molecular weight is 206 g/mol. The van der Waals surface area contributed by atoms with Gasteiger partial charge in [0.1, 0.15) is 6.04 Å². The molecule has 5 heteroatoms. The van der Waals surface area contributed by atoms with Crippen LogP contribution in [0.2, 0.25) is 0 Å². The van der Waals surface area contributed by atoms with Gasteiger partial charge in [-0.15, -0.1) is 0 Å². The van der Waals surface area contributed by atoms with Gasteiger partial charge in [-0.1, -0.05) is 0 Å². The van der Waals surface area contributed by atoms with Gasteiger partial charge in [0.2, 0.25) is 5.91 Å². The molecule has 0 radical (unpaired) electrons. The number of likely N-dealkylation sites (tertiary alicyclic amines) is 1. The van der Waals surface area contributed by atoms with Gasteiger partial charge in [-0.3, -0.25) is 9.48 Å². The Morgan fingerprint density at radius 1 is 1.40 bits per heavy atom. The van der Waals surface area contributed by atoms with Crippen LogP contribution in [0.25, 0.3) is 0 Å². The normalized spacial score (nSPS) is 26.3. The summed E-state index contributed by atoms with van der Waals surface area (Å²) >= 11 is 0. The summed E-state index contributed by atoms with van der Waals surface area (Å²) in [6, 6.07) is 0.387. The zero-order valence-corrected chi connectivity index (χ0v) is 8.47. The van der Waals surface area contributed by atoms with Crippen LogP contribution in [0.3, 0.4) is 0 Å². The number of anilines is 1. The number of carbonyl (C=O) groups is 1. The molecule has 1 saturated heterocycles. The van der Waals surface area contributed by atoms with Crippen LogP contribution in [0.15, 0.2) is 12.4 Å². The third-order valence-electron chi connectivity index (χ3n) is 3.14. The van der Waals surface area contributed by atoms with Crippen molar-refractivity contribution < 1.29 is 4.79 Å². The molecule has 1 aromatic heterocycles. The standard InChI is InChI=1S/C10H14N4O/c11-7-5-12-14(6-7)9-3-4-13(10(9)15)8-1-2-8/h5-6,8-9H,1-4,11H2. The van der Waals surface area contributed by atoms with Gasteiger partial charge in [0.15, 0.2) is 0 Å². The lowest BCUT2D eigenvalue weighted by Gasteiger charge is -2.15. The molecule has 0 aromatic carbocycles. The molecule has 80 valence electrons. The second-order valence-corrected chi connectivity index (χ2v) is 4.32. The largest absolute Gasteiger partial charge is 0.396 e. The molecule has 2 fully saturated rings. The van der Waals surface area contributed by atoms with E-state index in [-0.39, 0.29) is 11.9 Å². The van der Waals surface area contributed by atoms with Gasteiger partial charge >= 0.3 is 0 Å². The number of rotatable bonds is 2. The summed E-state index contributed by atoms with van der Waals surface area (Å²) in [5.74, 6) is 0.209. The van der Waals surface area contributed by atoms with E-state index in [1.165, 1.54) is 12.8 Å². The van der Waals surface area contributed by atoms with Crippen LogP contribution in [-0.2, 0) is 4.79 Å². The molecule has 3 rings (SSSR count). The third kappa shape index (κ3) is 1.38. The van der Waals surface area contributed by atoms with Crippen LogP contribution >= 0.6 is 0 Å². The van der Waals surface area contributed by atoms with Gasteiger partial charge in [0.05, 0.1) is 11.9 Å². The van der Waals surface area contributed by atoms with Crippen molar-refractivity contribution in [3.05, 3.63) is 12.4 Å². The van der Waals surface area contributed by atoms with Crippen molar-refractivity contribution in [1.82, 2.24) is 14.7 Å². The van der Waals surface area contributed by atoms with E-state index in [0.29, 0.717) is 11.7 Å². The number of nitrogens with two attached hydrogens (primary N) is 1. The van der Waals surface area contributed by atoms with E-state index in [2.05, 4.69) is 5.10 Å². The molecule has 2 heterocycles. The second-order valence-electron chi connectivity index (χ2n) is 4.32. The van der Waals surface area contributed by atoms with Crippen LogP contribution in [0.1, 0.15) is 25.3 Å². The van der Waals surface area contributed by atoms with E-state index in [9.17, 15) is 4.79 Å². The van der Waals surface area contributed by atoms with E-state index >= 15 is 0 Å². The molecule has 1 aromatic rings. The van der Waals surface area contributed by atoms with Gasteiger partial charge in [-0.05, 0) is 19.3 Å². The molecule has 1 aliphatic carbocycles. The Morgan fingerprint density at radius 2 is 2.20 bits per heavy atom. The van der Waals surface area contributed by atoms with Crippen molar-refractivity contribution in [3.63, 3.8) is 0 Å². The van der Waals surface area contributed by atoms with E-state index in [1.807, 2.05) is 4.90 Å². The molecule has 0 bridgehead atoms. The minimum atomic E-state index is -0.122. The summed E-state index contributed by atoms with van der Waals surface area (Å²) in [6.07, 6.45) is 6.52. The van der Waals surface area contributed by atoms with Crippen molar-refractivity contribution in [2.45, 2.75) is 31.3 Å². The number of nitrogen functional groups attached to an aromatic ring is 1. The fourth-order valence-corrected chi connectivity index (χ4v) is 2.20. The summed E-state index contributed by atoms with van der Waals surface area (Å²) < 4.78 is 1.69. The maximum atomic E-state index is 12.0. The van der Waals surface area contributed by atoms with Crippen molar-refractivity contribution in [1.29, 1.82) is 0 Å². The minimum Gasteiger partial charge on any atom is -0.396 e. The van der Waals surface area contributed by atoms with Crippen molar-refractivity contribution >= 4 is 11.6 Å². The van der Waals surface area contributed by atoms with E-state index < -0.39 is 0 Å². The lowest BCUT2D eigenvalue weighted by atomic mass is 10.2. The van der Waals surface area contributed by atoms with Gasteiger partial charge in [-0.2, -0.15) is 5.10 Å². The Morgan fingerprint density at radius 3 is 2.80 bits per heavy atom. The zero-order chi connectivity index (χ0) is 10.4. The Kier molecular flexibility index (Phi) is 1.74. The lowest BCUT2D eigenvalue weighted by molar-refractivity contribution is -0.131. The monoisotopic (exact) mass is 206 g/mol. The Labute approximate surface area is 87.8 Å². The predicted octanol–water partition coefficient (Wildman–Crippen LogP) is 0.401. The molecule has 2 N–H and O–H groups in total. The fraction of sp³-hybridized carbons (Fsp3) is 0.600. The summed E-state index contributed by atoms with van der Waals surface area (Å²) in [7, 11) is 0. The SMILES string of the molecule is Nc1cnn(C2CCN(C3CC3)C2=O)c1. The highest BCUT2D eigenvalue weighted by atomic mass is 16.2. The number of nitrogens with zero attached hydrogens (tertiary/aromatic N) is 3. The molecule has 1 unspecified atom stereocenters. The smallest absolute Gasteiger partial charge is 0.247 e. The molecule has 0 spiro atoms. The van der Waals surface area contributed by atoms with Gasteiger partial charge in [-0.25, -0.2) is 0 Å². The van der Waals surface area contributed by atoms with Crippen molar-refractivity contribution in [2.24, 2.45) is 0 Å². The van der Waals surface area contributed by atoms with Crippen LogP contribution in [0.4, 0.5) is 5.69 Å². The van der Waals surface area contributed by atoms with Gasteiger partial charge < -0.3 is 10.6 Å². The van der Waals surface area contributed by atoms with Crippen LogP contribution in [-0.4, -0.2) is 33.2 Å². The molecule has 1 atom stereocenters. The van der Waals surface area contributed by atoms with Gasteiger partial charge in [0, 0.05) is 18.8 Å². The summed E-state index contributed by atoms with van der Waals surface area (Å²) in [4.78, 5) is 14.0. The van der Waals surface area contributed by atoms with E-state index in [1.54, 1.807) is 17.1 Å². The zero-order valence-electron chi connectivity index (χ0n) is 8.47. The molecular formula is C10H14N4O. The molecule has 1 aliphatic heterocycles. The van der Waals surface area contributed by atoms with Crippen molar-refractivity contribution in [2.75, 3.05) is 12.3 Å². The minimum absolute atomic E-state index is 0.122. The Hall–Kier alpha value is -1.52. The number of amides is 1. The van der Waals surface area contributed by atoms with Gasteiger partial charge in [0.25, 0.3) is 0 Å². The predicted molar refractivity (Wildman–Crippen MR) is 55.0 cm³/mol. The fourth-order valence-electron chi connectivity index (χ4n) is 2.20. The highest BCUT2D eigenvalue weighted by molar-refractivity contribution is 5.83. The quantitative estimate of drug-likeness (QED) is 0.761. The molecular weight excluding hydrogens is 192 g/mol. The second kappa shape index (κ2) is 2.98. The average Bonchev–Trinajstić information content (AvgIpc) is 2.86. The van der Waals surface area contributed by atoms with E-state index in [0.717, 1.165) is 13.0 Å². The Bertz CT molecular complexity index is 396. The maximum Gasteiger partial charge on any atom is 0.247 e. The first-order valence-electron chi connectivity index (χ1n) is 5.36. The highest BCUT2D eigenvalue weighted by Crippen LogP contribution is 2.34. The lowest BCUT2D eigenvalue weighted by Crippen LogP contribution is -2.30. The summed E-state index contributed by atoms with van der Waals surface area (Å²) in [6.45, 7) is 0.869. The first-order valence-corrected chi connectivity index (χ1v) is 5.36. The summed E-state index contributed by atoms with van der Waals surface area (Å²) in [5.41, 5.74) is 6.21. The number of carbonyl (C=O) groups excluding carboxylic acids is 1. The Balaban J connectivity index is 1.80. The van der Waals surface area contributed by atoms with Crippen LogP contribution in [0.5, 0.6) is 0 Å². The number of hydrogen-bond donors (Lipinski definition) is 1. The molecule has 15 heavy (non-hydrogen) atoms. The number of aromatic nitrogens is 2. The van der Waals surface area contributed by atoms with E-state index in [4.69, 9.17) is 5.73 Å². The first kappa shape index (κ1) is 8.76. The molecule has 2 aliphatic rings. The summed E-state index contributed by atoms with van der Waals surface area (Å²) in [5, 5.41) is 4.11. The van der Waals surface area contributed by atoms with Crippen LogP contribution in [0, 0.1) is 0 Å². The maximum absolute atomic E-state index is 12.0. The van der Waals surface area contributed by atoms with Crippen molar-refractivity contribution in [3.8, 4) is 0 Å². The highest BCUT2D eigenvalue weighted by Gasteiger charge is 2.41. The third-order valence-corrected chi connectivity index (χ3v) is 3.14. The molecule has 5 nitrogen and oxygen atoms in total.